The Labute approximate surface area is 117 Å². The van der Waals surface area contributed by atoms with Gasteiger partial charge < -0.3 is 9.80 Å². The standard InChI is InChI=1S/C13H28Cl2N2/c1-3-16(4-2)10-6-5-7-11-17(12-8-14)13-9-15/h3-13H2,1-2H3. The van der Waals surface area contributed by atoms with Crippen LogP contribution in [0.4, 0.5) is 0 Å². The molecule has 0 heterocycles. The van der Waals surface area contributed by atoms with Crippen molar-refractivity contribution in [3.8, 4) is 0 Å². The van der Waals surface area contributed by atoms with E-state index in [0.717, 1.165) is 19.6 Å². The molecule has 0 aromatic carbocycles. The lowest BCUT2D eigenvalue weighted by Gasteiger charge is -2.20. The maximum absolute atomic E-state index is 5.76. The topological polar surface area (TPSA) is 6.48 Å². The molecule has 0 unspecified atom stereocenters. The monoisotopic (exact) mass is 282 g/mol. The summed E-state index contributed by atoms with van der Waals surface area (Å²) in [5.41, 5.74) is 0. The summed E-state index contributed by atoms with van der Waals surface area (Å²) in [5, 5.41) is 0. The predicted octanol–water partition coefficient (Wildman–Crippen LogP) is 3.28. The molecule has 0 radical (unpaired) electrons. The van der Waals surface area contributed by atoms with Crippen molar-refractivity contribution >= 4 is 23.2 Å². The molecule has 0 saturated carbocycles. The van der Waals surface area contributed by atoms with E-state index in [-0.39, 0.29) is 0 Å². The van der Waals surface area contributed by atoms with Gasteiger partial charge in [0.15, 0.2) is 0 Å². The third kappa shape index (κ3) is 10.1. The fourth-order valence-corrected chi connectivity index (χ4v) is 2.44. The van der Waals surface area contributed by atoms with Crippen LogP contribution >= 0.6 is 23.2 Å². The second-order valence-corrected chi connectivity index (χ2v) is 5.06. The highest BCUT2D eigenvalue weighted by Crippen LogP contribution is 2.02. The lowest BCUT2D eigenvalue weighted by Crippen LogP contribution is -2.29. The van der Waals surface area contributed by atoms with Crippen LogP contribution in [0.5, 0.6) is 0 Å². The molecule has 0 aromatic rings. The molecule has 0 aliphatic heterocycles. The van der Waals surface area contributed by atoms with Gasteiger partial charge in [-0.3, -0.25) is 0 Å². The Kier molecular flexibility index (Phi) is 13.3. The minimum Gasteiger partial charge on any atom is -0.304 e. The molecule has 0 bridgehead atoms. The molecular weight excluding hydrogens is 255 g/mol. The Hall–Kier alpha value is 0.500. The van der Waals surface area contributed by atoms with Crippen molar-refractivity contribution in [3.63, 3.8) is 0 Å². The lowest BCUT2D eigenvalue weighted by atomic mass is 10.2. The summed E-state index contributed by atoms with van der Waals surface area (Å²) in [4.78, 5) is 4.84. The van der Waals surface area contributed by atoms with E-state index in [0.29, 0.717) is 11.8 Å². The Morgan fingerprint density at radius 1 is 0.647 bits per heavy atom. The Bertz CT molecular complexity index is 146. The first-order chi connectivity index (χ1) is 8.28. The molecule has 2 nitrogen and oxygen atoms in total. The van der Waals surface area contributed by atoms with Gasteiger partial charge in [-0.15, -0.1) is 23.2 Å². The molecular formula is C13H28Cl2N2. The van der Waals surface area contributed by atoms with Crippen molar-refractivity contribution in [1.29, 1.82) is 0 Å². The van der Waals surface area contributed by atoms with Gasteiger partial charge in [0.05, 0.1) is 0 Å². The zero-order valence-electron chi connectivity index (χ0n) is 11.4. The number of halogens is 2. The predicted molar refractivity (Wildman–Crippen MR) is 79.5 cm³/mol. The summed E-state index contributed by atoms with van der Waals surface area (Å²) < 4.78 is 0. The molecule has 0 aromatic heterocycles. The number of hydrogen-bond donors (Lipinski definition) is 0. The Morgan fingerprint density at radius 2 is 1.12 bits per heavy atom. The van der Waals surface area contributed by atoms with Crippen LogP contribution in [0, 0.1) is 0 Å². The van der Waals surface area contributed by atoms with E-state index in [1.165, 1.54) is 38.9 Å². The van der Waals surface area contributed by atoms with Crippen molar-refractivity contribution < 1.29 is 0 Å². The van der Waals surface area contributed by atoms with Crippen LogP contribution in [0.25, 0.3) is 0 Å². The van der Waals surface area contributed by atoms with Gasteiger partial charge in [0, 0.05) is 24.8 Å². The Balaban J connectivity index is 3.46. The van der Waals surface area contributed by atoms with E-state index in [1.54, 1.807) is 0 Å². The molecule has 4 heteroatoms. The van der Waals surface area contributed by atoms with Gasteiger partial charge in [-0.1, -0.05) is 20.3 Å². The van der Waals surface area contributed by atoms with Crippen molar-refractivity contribution in [1.82, 2.24) is 9.80 Å². The minimum atomic E-state index is 0.705. The lowest BCUT2D eigenvalue weighted by molar-refractivity contribution is 0.277. The van der Waals surface area contributed by atoms with Gasteiger partial charge in [0.25, 0.3) is 0 Å². The third-order valence-electron chi connectivity index (χ3n) is 3.14. The summed E-state index contributed by atoms with van der Waals surface area (Å²) in [6.45, 7) is 11.1. The molecule has 0 aliphatic rings. The largest absolute Gasteiger partial charge is 0.304 e. The van der Waals surface area contributed by atoms with Gasteiger partial charge in [-0.05, 0) is 39.0 Å². The summed E-state index contributed by atoms with van der Waals surface area (Å²) in [7, 11) is 0. The molecule has 17 heavy (non-hydrogen) atoms. The highest BCUT2D eigenvalue weighted by Gasteiger charge is 2.03. The van der Waals surface area contributed by atoms with Gasteiger partial charge in [-0.25, -0.2) is 0 Å². The van der Waals surface area contributed by atoms with Crippen LogP contribution in [-0.4, -0.2) is 60.8 Å². The highest BCUT2D eigenvalue weighted by atomic mass is 35.5. The second kappa shape index (κ2) is 12.9. The molecule has 0 saturated heterocycles. The van der Waals surface area contributed by atoms with Gasteiger partial charge >= 0.3 is 0 Å². The average molecular weight is 283 g/mol. The normalized spacial score (nSPS) is 11.6. The van der Waals surface area contributed by atoms with E-state index in [1.807, 2.05) is 0 Å². The van der Waals surface area contributed by atoms with E-state index in [9.17, 15) is 0 Å². The summed E-state index contributed by atoms with van der Waals surface area (Å²) in [6.07, 6.45) is 3.86. The van der Waals surface area contributed by atoms with Crippen molar-refractivity contribution in [2.75, 3.05) is 51.0 Å². The van der Waals surface area contributed by atoms with Crippen LogP contribution in [0.15, 0.2) is 0 Å². The first-order valence-corrected chi connectivity index (χ1v) is 7.92. The zero-order valence-corrected chi connectivity index (χ0v) is 12.9. The van der Waals surface area contributed by atoms with Crippen LogP contribution < -0.4 is 0 Å². The van der Waals surface area contributed by atoms with Crippen LogP contribution in [0.3, 0.4) is 0 Å². The van der Waals surface area contributed by atoms with E-state index >= 15 is 0 Å². The summed E-state index contributed by atoms with van der Waals surface area (Å²) >= 11 is 11.5. The molecule has 0 N–H and O–H groups in total. The molecule has 0 amide bonds. The van der Waals surface area contributed by atoms with Crippen molar-refractivity contribution in [2.24, 2.45) is 0 Å². The summed E-state index contributed by atoms with van der Waals surface area (Å²) in [5.74, 6) is 1.41. The van der Waals surface area contributed by atoms with E-state index < -0.39 is 0 Å². The number of rotatable bonds is 12. The first-order valence-electron chi connectivity index (χ1n) is 6.85. The number of hydrogen-bond acceptors (Lipinski definition) is 2. The molecule has 0 aliphatic carbocycles. The molecule has 0 rings (SSSR count). The van der Waals surface area contributed by atoms with E-state index in [2.05, 4.69) is 23.6 Å². The van der Waals surface area contributed by atoms with Crippen LogP contribution in [0.1, 0.15) is 33.1 Å². The SMILES string of the molecule is CCN(CC)CCCCCN(CCCl)CCCl. The number of unbranched alkanes of at least 4 members (excludes halogenated alkanes) is 2. The van der Waals surface area contributed by atoms with E-state index in [4.69, 9.17) is 23.2 Å². The van der Waals surface area contributed by atoms with Gasteiger partial charge in [0.2, 0.25) is 0 Å². The number of nitrogens with zero attached hydrogens (tertiary/aromatic N) is 2. The number of alkyl halides is 2. The van der Waals surface area contributed by atoms with Crippen LogP contribution in [0.2, 0.25) is 0 Å². The highest BCUT2D eigenvalue weighted by molar-refractivity contribution is 6.18. The fourth-order valence-electron chi connectivity index (χ4n) is 1.96. The average Bonchev–Trinajstić information content (AvgIpc) is 2.34. The Morgan fingerprint density at radius 3 is 1.53 bits per heavy atom. The maximum atomic E-state index is 5.76. The second-order valence-electron chi connectivity index (χ2n) is 4.31. The summed E-state index contributed by atoms with van der Waals surface area (Å²) in [6, 6.07) is 0. The fraction of sp³-hybridized carbons (Fsp3) is 1.00. The molecule has 0 fully saturated rings. The van der Waals surface area contributed by atoms with Gasteiger partial charge in [-0.2, -0.15) is 0 Å². The quantitative estimate of drug-likeness (QED) is 0.400. The van der Waals surface area contributed by atoms with Crippen LogP contribution in [-0.2, 0) is 0 Å². The zero-order chi connectivity index (χ0) is 12.9. The molecule has 0 atom stereocenters. The van der Waals surface area contributed by atoms with Crippen molar-refractivity contribution in [3.05, 3.63) is 0 Å². The minimum absolute atomic E-state index is 0.705. The molecule has 104 valence electrons. The first kappa shape index (κ1) is 17.5. The smallest absolute Gasteiger partial charge is 0.0351 e. The maximum Gasteiger partial charge on any atom is 0.0351 e. The van der Waals surface area contributed by atoms with Gasteiger partial charge in [0.1, 0.15) is 0 Å². The molecule has 0 spiro atoms. The van der Waals surface area contributed by atoms with Crippen molar-refractivity contribution in [2.45, 2.75) is 33.1 Å². The third-order valence-corrected chi connectivity index (χ3v) is 3.48.